The lowest BCUT2D eigenvalue weighted by molar-refractivity contribution is 0.0734. The molecule has 0 aliphatic heterocycles. The van der Waals surface area contributed by atoms with Crippen molar-refractivity contribution in [3.8, 4) is 11.5 Å². The average Bonchev–Trinajstić information content (AvgIpc) is 2.76. The van der Waals surface area contributed by atoms with Crippen molar-refractivity contribution in [3.63, 3.8) is 0 Å². The van der Waals surface area contributed by atoms with E-state index in [1.165, 1.54) is 6.21 Å². The first-order valence-electron chi connectivity index (χ1n) is 9.20. The highest BCUT2D eigenvalue weighted by Gasteiger charge is 2.09. The number of hydrogen-bond donors (Lipinski definition) is 1. The van der Waals surface area contributed by atoms with Crippen LogP contribution < -0.4 is 14.9 Å². The number of carbonyl (C=O) groups is 2. The molecule has 0 unspecified atom stereocenters. The van der Waals surface area contributed by atoms with Gasteiger partial charge in [0.1, 0.15) is 11.5 Å². The molecule has 0 saturated carbocycles. The van der Waals surface area contributed by atoms with Crippen molar-refractivity contribution >= 4 is 34.0 Å². The van der Waals surface area contributed by atoms with Crippen LogP contribution in [0.4, 0.5) is 0 Å². The minimum Gasteiger partial charge on any atom is -0.494 e. The van der Waals surface area contributed by atoms with Crippen molar-refractivity contribution in [2.45, 2.75) is 6.92 Å². The van der Waals surface area contributed by atoms with E-state index in [0.717, 1.165) is 5.56 Å². The van der Waals surface area contributed by atoms with E-state index in [1.54, 1.807) is 66.7 Å². The predicted octanol–water partition coefficient (Wildman–Crippen LogP) is 4.83. The normalized spacial score (nSPS) is 10.6. The number of ether oxygens (including phenoxy) is 2. The van der Waals surface area contributed by atoms with Crippen molar-refractivity contribution in [2.24, 2.45) is 5.10 Å². The Morgan fingerprint density at radius 2 is 1.63 bits per heavy atom. The Bertz CT molecular complexity index is 1050. The van der Waals surface area contributed by atoms with Crippen LogP contribution >= 0.6 is 15.9 Å². The van der Waals surface area contributed by atoms with E-state index in [2.05, 4.69) is 26.5 Å². The Morgan fingerprint density at radius 1 is 0.967 bits per heavy atom. The molecule has 3 rings (SSSR count). The Kier molecular flexibility index (Phi) is 7.34. The summed E-state index contributed by atoms with van der Waals surface area (Å²) < 4.78 is 11.4. The van der Waals surface area contributed by atoms with Crippen LogP contribution in [-0.2, 0) is 0 Å². The SMILES string of the molecule is CCOc1ccc(C(=O)Oc2ccc(/C=N\NC(=O)c3ccccc3Br)cc2)cc1. The van der Waals surface area contributed by atoms with Crippen LogP contribution in [0.1, 0.15) is 33.2 Å². The second-order valence-corrected chi connectivity index (χ2v) is 6.95. The van der Waals surface area contributed by atoms with Gasteiger partial charge in [-0.15, -0.1) is 0 Å². The first-order chi connectivity index (χ1) is 14.6. The molecule has 0 aromatic heterocycles. The van der Waals surface area contributed by atoms with E-state index < -0.39 is 5.97 Å². The number of benzene rings is 3. The topological polar surface area (TPSA) is 77.0 Å². The molecule has 3 aromatic rings. The molecule has 0 aliphatic carbocycles. The molecule has 1 N–H and O–H groups in total. The molecule has 0 bridgehead atoms. The zero-order valence-electron chi connectivity index (χ0n) is 16.2. The van der Waals surface area contributed by atoms with Gasteiger partial charge in [-0.25, -0.2) is 10.2 Å². The van der Waals surface area contributed by atoms with Crippen LogP contribution in [-0.4, -0.2) is 24.7 Å². The number of hydrogen-bond acceptors (Lipinski definition) is 5. The summed E-state index contributed by atoms with van der Waals surface area (Å²) in [6.45, 7) is 2.46. The number of nitrogens with zero attached hydrogens (tertiary/aromatic N) is 1. The third kappa shape index (κ3) is 5.78. The van der Waals surface area contributed by atoms with Crippen LogP contribution in [0.2, 0.25) is 0 Å². The summed E-state index contributed by atoms with van der Waals surface area (Å²) in [4.78, 5) is 24.3. The van der Waals surface area contributed by atoms with Gasteiger partial charge < -0.3 is 9.47 Å². The van der Waals surface area contributed by atoms with E-state index in [-0.39, 0.29) is 5.91 Å². The van der Waals surface area contributed by atoms with Crippen LogP contribution in [0.5, 0.6) is 11.5 Å². The molecule has 0 spiro atoms. The van der Waals surface area contributed by atoms with Crippen LogP contribution in [0.15, 0.2) is 82.4 Å². The van der Waals surface area contributed by atoms with Crippen molar-refractivity contribution in [3.05, 3.63) is 94.0 Å². The maximum atomic E-state index is 12.2. The Balaban J connectivity index is 1.55. The van der Waals surface area contributed by atoms with Crippen LogP contribution in [0.25, 0.3) is 0 Å². The van der Waals surface area contributed by atoms with Crippen molar-refractivity contribution < 1.29 is 19.1 Å². The van der Waals surface area contributed by atoms with E-state index >= 15 is 0 Å². The second-order valence-electron chi connectivity index (χ2n) is 6.09. The van der Waals surface area contributed by atoms with E-state index in [0.29, 0.717) is 33.7 Å². The van der Waals surface area contributed by atoms with E-state index in [4.69, 9.17) is 9.47 Å². The van der Waals surface area contributed by atoms with Gasteiger partial charge in [-0.1, -0.05) is 12.1 Å². The molecule has 0 heterocycles. The molecule has 152 valence electrons. The lowest BCUT2D eigenvalue weighted by Gasteiger charge is -2.06. The fourth-order valence-corrected chi connectivity index (χ4v) is 2.98. The zero-order chi connectivity index (χ0) is 21.3. The van der Waals surface area contributed by atoms with Gasteiger partial charge in [-0.3, -0.25) is 4.79 Å². The molecule has 0 saturated heterocycles. The minimum atomic E-state index is -0.458. The van der Waals surface area contributed by atoms with Gasteiger partial charge in [-0.2, -0.15) is 5.10 Å². The second kappa shape index (κ2) is 10.4. The quantitative estimate of drug-likeness (QED) is 0.234. The molecule has 1 amide bonds. The summed E-state index contributed by atoms with van der Waals surface area (Å²) in [5, 5.41) is 3.96. The standard InChI is InChI=1S/C23H19BrN2O4/c1-2-29-18-13-9-17(10-14-18)23(28)30-19-11-7-16(8-12-19)15-25-26-22(27)20-5-3-4-6-21(20)24/h3-15H,2H2,1H3,(H,26,27)/b25-15-. The third-order valence-corrected chi connectivity index (χ3v) is 4.68. The fraction of sp³-hybridized carbons (Fsp3) is 0.0870. The summed E-state index contributed by atoms with van der Waals surface area (Å²) >= 11 is 3.33. The van der Waals surface area contributed by atoms with Gasteiger partial charge in [0.05, 0.1) is 23.9 Å². The Labute approximate surface area is 182 Å². The average molecular weight is 467 g/mol. The molecule has 7 heteroatoms. The summed E-state index contributed by atoms with van der Waals surface area (Å²) in [6.07, 6.45) is 1.51. The van der Waals surface area contributed by atoms with Gasteiger partial charge in [0.15, 0.2) is 0 Å². The molecular weight excluding hydrogens is 448 g/mol. The number of hydrazone groups is 1. The van der Waals surface area contributed by atoms with Crippen molar-refractivity contribution in [2.75, 3.05) is 6.61 Å². The highest BCUT2D eigenvalue weighted by atomic mass is 79.9. The number of carbonyl (C=O) groups excluding carboxylic acids is 2. The molecule has 6 nitrogen and oxygen atoms in total. The molecule has 0 atom stereocenters. The minimum absolute atomic E-state index is 0.320. The molecule has 30 heavy (non-hydrogen) atoms. The monoisotopic (exact) mass is 466 g/mol. The summed E-state index contributed by atoms with van der Waals surface area (Å²) in [5.41, 5.74) is 4.14. The maximum Gasteiger partial charge on any atom is 0.343 e. The smallest absolute Gasteiger partial charge is 0.343 e. The van der Waals surface area contributed by atoms with Gasteiger partial charge in [0.25, 0.3) is 5.91 Å². The first kappa shape index (κ1) is 21.3. The number of halogens is 1. The van der Waals surface area contributed by atoms with Crippen LogP contribution in [0.3, 0.4) is 0 Å². The Morgan fingerprint density at radius 3 is 2.30 bits per heavy atom. The fourth-order valence-electron chi connectivity index (χ4n) is 2.51. The van der Waals surface area contributed by atoms with Crippen LogP contribution in [0, 0.1) is 0 Å². The molecule has 3 aromatic carbocycles. The molecule has 0 radical (unpaired) electrons. The highest BCUT2D eigenvalue weighted by molar-refractivity contribution is 9.10. The number of amides is 1. The third-order valence-electron chi connectivity index (χ3n) is 3.99. The summed E-state index contributed by atoms with van der Waals surface area (Å²) in [5.74, 6) is 0.326. The van der Waals surface area contributed by atoms with Gasteiger partial charge >= 0.3 is 5.97 Å². The first-order valence-corrected chi connectivity index (χ1v) is 9.99. The maximum absolute atomic E-state index is 12.2. The highest BCUT2D eigenvalue weighted by Crippen LogP contribution is 2.17. The zero-order valence-corrected chi connectivity index (χ0v) is 17.8. The molecule has 0 fully saturated rings. The summed E-state index contributed by atoms with van der Waals surface area (Å²) in [6, 6.07) is 20.6. The van der Waals surface area contributed by atoms with E-state index in [1.807, 2.05) is 13.0 Å². The number of rotatable bonds is 7. The Hall–Kier alpha value is -3.45. The van der Waals surface area contributed by atoms with Gasteiger partial charge in [0.2, 0.25) is 0 Å². The number of nitrogens with one attached hydrogen (secondary N) is 1. The lowest BCUT2D eigenvalue weighted by atomic mass is 10.2. The summed E-state index contributed by atoms with van der Waals surface area (Å²) in [7, 11) is 0. The molecule has 0 aliphatic rings. The van der Waals surface area contributed by atoms with Crippen molar-refractivity contribution in [1.82, 2.24) is 5.43 Å². The van der Waals surface area contributed by atoms with Gasteiger partial charge in [0, 0.05) is 4.47 Å². The molecular formula is C23H19BrN2O4. The van der Waals surface area contributed by atoms with Gasteiger partial charge in [-0.05, 0) is 89.1 Å². The van der Waals surface area contributed by atoms with Crippen molar-refractivity contribution in [1.29, 1.82) is 0 Å². The van der Waals surface area contributed by atoms with E-state index in [9.17, 15) is 9.59 Å². The predicted molar refractivity (Wildman–Crippen MR) is 118 cm³/mol. The lowest BCUT2D eigenvalue weighted by Crippen LogP contribution is -2.18. The largest absolute Gasteiger partial charge is 0.494 e. The number of esters is 1.